The molecule has 0 amide bonds. The fraction of sp³-hybridized carbons (Fsp3) is 0. The van der Waals surface area contributed by atoms with Crippen LogP contribution in [0.25, 0.3) is 0 Å². The van der Waals surface area contributed by atoms with E-state index in [1.807, 2.05) is 30.8 Å². The number of allylic oxidation sites excluding steroid dienone is 4. The minimum Gasteiger partial charge on any atom is -0.367 e. The van der Waals surface area contributed by atoms with Crippen molar-refractivity contribution in [1.82, 2.24) is 10.6 Å². The molecule has 0 fully saturated rings. The molecule has 0 aromatic carbocycles. The van der Waals surface area contributed by atoms with Crippen molar-refractivity contribution in [1.29, 1.82) is 0 Å². The maximum absolute atomic E-state index is 4.00. The number of hydrogen-bond donors (Lipinski definition) is 1. The molecule has 2 heteroatoms. The van der Waals surface area contributed by atoms with Gasteiger partial charge in [0.25, 0.3) is 0 Å². The van der Waals surface area contributed by atoms with Gasteiger partial charge in [0, 0.05) is 35.9 Å². The molecule has 0 saturated heterocycles. The molecule has 49 valence electrons. The summed E-state index contributed by atoms with van der Waals surface area (Å²) in [6.45, 7) is 0. The Morgan fingerprint density at radius 1 is 1.20 bits per heavy atom. The monoisotopic (exact) mass is 131 g/mol. The minimum absolute atomic E-state index is 1.17. The molecule has 2 aliphatic heterocycles. The third-order valence-corrected chi connectivity index (χ3v) is 1.49. The summed E-state index contributed by atoms with van der Waals surface area (Å²) in [4.78, 5) is 0. The van der Waals surface area contributed by atoms with Crippen LogP contribution in [0.4, 0.5) is 0 Å². The minimum atomic E-state index is 1.17. The predicted octanol–water partition coefficient (Wildman–Crippen LogP) is 1.00. The van der Waals surface area contributed by atoms with Crippen LogP contribution in [0.2, 0.25) is 0 Å². The fourth-order valence-electron chi connectivity index (χ4n) is 0.964. The zero-order chi connectivity index (χ0) is 6.81. The van der Waals surface area contributed by atoms with E-state index in [9.17, 15) is 0 Å². The highest BCUT2D eigenvalue weighted by molar-refractivity contribution is 5.49. The maximum atomic E-state index is 4.00. The molecule has 2 heterocycles. The van der Waals surface area contributed by atoms with Crippen LogP contribution in [-0.2, 0) is 0 Å². The van der Waals surface area contributed by atoms with Gasteiger partial charge in [-0.2, -0.15) is 0 Å². The molecule has 0 aromatic rings. The van der Waals surface area contributed by atoms with Gasteiger partial charge in [-0.1, -0.05) is 0 Å². The Morgan fingerprint density at radius 2 is 2.20 bits per heavy atom. The van der Waals surface area contributed by atoms with Crippen LogP contribution < -0.4 is 10.6 Å². The van der Waals surface area contributed by atoms with Gasteiger partial charge in [-0.3, -0.25) is 5.32 Å². The number of rotatable bonds is 0. The van der Waals surface area contributed by atoms with Crippen molar-refractivity contribution in [2.75, 3.05) is 0 Å². The van der Waals surface area contributed by atoms with Gasteiger partial charge in [0.15, 0.2) is 0 Å². The summed E-state index contributed by atoms with van der Waals surface area (Å²) in [5, 5.41) is 7.01. The van der Waals surface area contributed by atoms with Gasteiger partial charge in [-0.25, -0.2) is 0 Å². The van der Waals surface area contributed by atoms with Crippen molar-refractivity contribution < 1.29 is 0 Å². The Bertz CT molecular complexity index is 228. The molecular weight excluding hydrogens is 124 g/mol. The highest BCUT2D eigenvalue weighted by atomic mass is 14.8. The highest BCUT2D eigenvalue weighted by Crippen LogP contribution is 2.16. The zero-order valence-electron chi connectivity index (χ0n) is 5.41. The lowest BCUT2D eigenvalue weighted by Crippen LogP contribution is -2.06. The summed E-state index contributed by atoms with van der Waals surface area (Å²) in [6.07, 6.45) is 11.5. The first-order chi connectivity index (χ1) is 4.97. The first kappa shape index (κ1) is 5.35. The Hall–Kier alpha value is -1.44. The molecule has 0 bridgehead atoms. The van der Waals surface area contributed by atoms with E-state index in [1.54, 1.807) is 6.20 Å². The van der Waals surface area contributed by atoms with E-state index in [2.05, 4.69) is 10.6 Å². The van der Waals surface area contributed by atoms with Crippen molar-refractivity contribution in [2.45, 2.75) is 0 Å². The van der Waals surface area contributed by atoms with Crippen LogP contribution in [-0.4, -0.2) is 0 Å². The van der Waals surface area contributed by atoms with Crippen LogP contribution in [0.1, 0.15) is 0 Å². The molecule has 1 radical (unpaired) electrons. The largest absolute Gasteiger partial charge is 0.367 e. The molecule has 0 aliphatic carbocycles. The van der Waals surface area contributed by atoms with Crippen LogP contribution in [0, 0.1) is 0 Å². The molecule has 10 heavy (non-hydrogen) atoms. The van der Waals surface area contributed by atoms with E-state index in [-0.39, 0.29) is 0 Å². The van der Waals surface area contributed by atoms with Gasteiger partial charge < -0.3 is 5.32 Å². The first-order valence-electron chi connectivity index (χ1n) is 3.17. The van der Waals surface area contributed by atoms with Crippen LogP contribution in [0.3, 0.4) is 0 Å². The Balaban J connectivity index is 2.38. The molecule has 0 saturated carbocycles. The Kier molecular flexibility index (Phi) is 1.10. The molecule has 1 N–H and O–H groups in total. The van der Waals surface area contributed by atoms with Crippen LogP contribution in [0.5, 0.6) is 0 Å². The Labute approximate surface area is 59.6 Å². The van der Waals surface area contributed by atoms with Gasteiger partial charge in [0.1, 0.15) is 0 Å². The topological polar surface area (TPSA) is 26.1 Å². The molecule has 0 aromatic heterocycles. The Morgan fingerprint density at radius 3 is 3.10 bits per heavy atom. The number of nitrogens with zero attached hydrogens (tertiary/aromatic N) is 1. The lowest BCUT2D eigenvalue weighted by atomic mass is 10.1. The zero-order valence-corrected chi connectivity index (χ0v) is 5.41. The lowest BCUT2D eigenvalue weighted by molar-refractivity contribution is 1.07. The second-order valence-corrected chi connectivity index (χ2v) is 2.15. The smallest absolute Gasteiger partial charge is 0.0347 e. The summed E-state index contributed by atoms with van der Waals surface area (Å²) in [5.41, 5.74) is 2.36. The van der Waals surface area contributed by atoms with E-state index >= 15 is 0 Å². The second-order valence-electron chi connectivity index (χ2n) is 2.15. The van der Waals surface area contributed by atoms with Crippen LogP contribution in [0.15, 0.2) is 48.1 Å². The fourth-order valence-corrected chi connectivity index (χ4v) is 0.964. The number of dihydropyridines is 1. The van der Waals surface area contributed by atoms with Crippen molar-refractivity contribution in [2.24, 2.45) is 0 Å². The summed E-state index contributed by atoms with van der Waals surface area (Å²) in [7, 11) is 0. The van der Waals surface area contributed by atoms with Gasteiger partial charge in [-0.15, -0.1) is 0 Å². The summed E-state index contributed by atoms with van der Waals surface area (Å²) in [6, 6.07) is 0. The molecule has 0 unspecified atom stereocenters. The lowest BCUT2D eigenvalue weighted by Gasteiger charge is -2.11. The third kappa shape index (κ3) is 0.739. The molecule has 0 spiro atoms. The summed E-state index contributed by atoms with van der Waals surface area (Å²) < 4.78 is 0. The number of nitrogens with one attached hydrogen (secondary N) is 1. The standard InChI is InChI=1S/C8H7N2/c1-3-9-6-8-2-4-10-5-7(1)8/h1-6,9H. The molecule has 0 atom stereocenters. The summed E-state index contributed by atoms with van der Waals surface area (Å²) >= 11 is 0. The molecule has 2 nitrogen and oxygen atoms in total. The highest BCUT2D eigenvalue weighted by Gasteiger charge is 2.04. The number of hydrogen-bond acceptors (Lipinski definition) is 1. The van der Waals surface area contributed by atoms with E-state index in [0.717, 1.165) is 0 Å². The quantitative estimate of drug-likeness (QED) is 0.521. The van der Waals surface area contributed by atoms with E-state index in [1.165, 1.54) is 11.1 Å². The second kappa shape index (κ2) is 2.06. The van der Waals surface area contributed by atoms with Crippen molar-refractivity contribution in [3.8, 4) is 0 Å². The predicted molar refractivity (Wildman–Crippen MR) is 39.7 cm³/mol. The van der Waals surface area contributed by atoms with Gasteiger partial charge in [-0.05, 0) is 12.2 Å². The van der Waals surface area contributed by atoms with E-state index in [0.29, 0.717) is 0 Å². The van der Waals surface area contributed by atoms with Crippen molar-refractivity contribution in [3.05, 3.63) is 48.1 Å². The van der Waals surface area contributed by atoms with Gasteiger partial charge in [0.05, 0.1) is 0 Å². The van der Waals surface area contributed by atoms with Crippen LogP contribution >= 0.6 is 0 Å². The third-order valence-electron chi connectivity index (χ3n) is 1.49. The van der Waals surface area contributed by atoms with E-state index in [4.69, 9.17) is 0 Å². The molecule has 2 rings (SSSR count). The van der Waals surface area contributed by atoms with Crippen molar-refractivity contribution in [3.63, 3.8) is 0 Å². The molecular formula is C8H7N2. The van der Waals surface area contributed by atoms with Gasteiger partial charge >= 0.3 is 0 Å². The first-order valence-corrected chi connectivity index (χ1v) is 3.17. The summed E-state index contributed by atoms with van der Waals surface area (Å²) in [5.74, 6) is 0. The molecule has 2 aliphatic rings. The van der Waals surface area contributed by atoms with Gasteiger partial charge in [0.2, 0.25) is 0 Å². The normalized spacial score (nSPS) is 20.0. The average molecular weight is 131 g/mol. The SMILES string of the molecule is C1=CC2=CNC=CC2=C[N]1. The number of fused-ring (bicyclic) bond motifs is 1. The van der Waals surface area contributed by atoms with Crippen molar-refractivity contribution >= 4 is 0 Å². The average Bonchev–Trinajstić information content (AvgIpc) is 2.05. The van der Waals surface area contributed by atoms with E-state index < -0.39 is 0 Å². The maximum Gasteiger partial charge on any atom is 0.0347 e.